The molecule has 0 aromatic carbocycles. The number of imidazole rings is 1. The molecule has 1 saturated heterocycles. The third-order valence-corrected chi connectivity index (χ3v) is 6.71. The topological polar surface area (TPSA) is 85.0 Å². The molecule has 3 aromatic heterocycles. The zero-order chi connectivity index (χ0) is 24.4. The Labute approximate surface area is 204 Å². The summed E-state index contributed by atoms with van der Waals surface area (Å²) in [4.78, 5) is 37.6. The number of likely N-dealkylation sites (tertiary alicyclic amines) is 1. The molecular weight excluding hydrogens is 440 g/mol. The molecule has 3 aromatic rings. The van der Waals surface area contributed by atoms with Crippen molar-refractivity contribution < 1.29 is 4.79 Å². The molecule has 1 fully saturated rings. The van der Waals surface area contributed by atoms with E-state index in [9.17, 15) is 9.59 Å². The first-order chi connectivity index (χ1) is 17.1. The number of aryl methyl sites for hydroxylation is 1. The van der Waals surface area contributed by atoms with E-state index in [-0.39, 0.29) is 23.6 Å². The molecule has 4 heterocycles. The molecule has 2 unspecified atom stereocenters. The van der Waals surface area contributed by atoms with Crippen molar-refractivity contribution in [1.82, 2.24) is 29.3 Å². The summed E-state index contributed by atoms with van der Waals surface area (Å²) < 4.78 is 3.54. The van der Waals surface area contributed by atoms with Gasteiger partial charge in [-0.3, -0.25) is 23.8 Å². The van der Waals surface area contributed by atoms with E-state index >= 15 is 0 Å². The fourth-order valence-corrected chi connectivity index (χ4v) is 4.90. The Hall–Kier alpha value is -3.78. The van der Waals surface area contributed by atoms with Crippen LogP contribution in [0, 0.1) is 12.8 Å². The van der Waals surface area contributed by atoms with Crippen molar-refractivity contribution in [3.05, 3.63) is 88.8 Å². The minimum absolute atomic E-state index is 0.0270. The highest BCUT2D eigenvalue weighted by atomic mass is 16.2. The number of nitrogens with zero attached hydrogens (tertiary/aromatic N) is 5. The maximum absolute atomic E-state index is 13.8. The van der Waals surface area contributed by atoms with Gasteiger partial charge in [-0.15, -0.1) is 0 Å². The van der Waals surface area contributed by atoms with Crippen molar-refractivity contribution in [3.63, 3.8) is 0 Å². The summed E-state index contributed by atoms with van der Waals surface area (Å²) in [6.45, 7) is 6.98. The van der Waals surface area contributed by atoms with Gasteiger partial charge in [-0.25, -0.2) is 9.78 Å². The monoisotopic (exact) mass is 470 g/mol. The van der Waals surface area contributed by atoms with Crippen LogP contribution in [0.3, 0.4) is 0 Å². The number of hydrogen-bond acceptors (Lipinski definition) is 5. The SMILES string of the molecule is CCNC(=O)C1C=CC=C(n2c(=O)n(C3CCN(Cc4ncccc4C)C3)c3ncccc32)C=C1. The third-order valence-electron chi connectivity index (χ3n) is 6.71. The number of rotatable bonds is 6. The summed E-state index contributed by atoms with van der Waals surface area (Å²) in [7, 11) is 0. The number of aromatic nitrogens is 4. The lowest BCUT2D eigenvalue weighted by molar-refractivity contribution is -0.122. The fraction of sp³-hybridized carbons (Fsp3) is 0.333. The van der Waals surface area contributed by atoms with Gasteiger partial charge in [0.25, 0.3) is 0 Å². The number of allylic oxidation sites excluding steroid dienone is 4. The third kappa shape index (κ3) is 4.49. The number of pyridine rings is 2. The second kappa shape index (κ2) is 9.84. The average molecular weight is 471 g/mol. The predicted molar refractivity (Wildman–Crippen MR) is 137 cm³/mol. The molecule has 1 aliphatic carbocycles. The van der Waals surface area contributed by atoms with Gasteiger partial charge < -0.3 is 5.32 Å². The summed E-state index contributed by atoms with van der Waals surface area (Å²) in [6.07, 6.45) is 13.7. The molecule has 1 amide bonds. The summed E-state index contributed by atoms with van der Waals surface area (Å²) in [5.74, 6) is -0.426. The Morgan fingerprint density at radius 3 is 2.83 bits per heavy atom. The van der Waals surface area contributed by atoms with Crippen LogP contribution in [-0.4, -0.2) is 49.5 Å². The zero-order valence-electron chi connectivity index (χ0n) is 20.1. The second-order valence-electron chi connectivity index (χ2n) is 9.03. The molecule has 8 heteroatoms. The van der Waals surface area contributed by atoms with E-state index in [0.717, 1.165) is 37.3 Å². The summed E-state index contributed by atoms with van der Waals surface area (Å²) >= 11 is 0. The Morgan fingerprint density at radius 2 is 2.00 bits per heavy atom. The van der Waals surface area contributed by atoms with Gasteiger partial charge in [0.2, 0.25) is 5.91 Å². The van der Waals surface area contributed by atoms with Gasteiger partial charge in [0, 0.05) is 38.6 Å². The molecule has 1 aliphatic heterocycles. The van der Waals surface area contributed by atoms with Gasteiger partial charge in [0.05, 0.1) is 28.9 Å². The van der Waals surface area contributed by atoms with Crippen LogP contribution in [0.4, 0.5) is 0 Å². The van der Waals surface area contributed by atoms with Crippen molar-refractivity contribution in [3.8, 4) is 0 Å². The van der Waals surface area contributed by atoms with E-state index in [2.05, 4.69) is 33.2 Å². The van der Waals surface area contributed by atoms with Crippen molar-refractivity contribution in [2.24, 2.45) is 5.92 Å². The first kappa shape index (κ1) is 23.0. The zero-order valence-corrected chi connectivity index (χ0v) is 20.1. The lowest BCUT2D eigenvalue weighted by Gasteiger charge is -2.17. The van der Waals surface area contributed by atoms with E-state index in [1.54, 1.807) is 10.8 Å². The molecule has 0 spiro atoms. The minimum atomic E-state index is -0.371. The second-order valence-corrected chi connectivity index (χ2v) is 9.03. The van der Waals surface area contributed by atoms with Gasteiger partial charge in [0.15, 0.2) is 5.65 Å². The Morgan fingerprint density at radius 1 is 1.17 bits per heavy atom. The van der Waals surface area contributed by atoms with E-state index in [1.807, 2.05) is 66.3 Å². The van der Waals surface area contributed by atoms with Crippen LogP contribution in [0.2, 0.25) is 0 Å². The van der Waals surface area contributed by atoms with Crippen LogP contribution in [0.1, 0.15) is 30.6 Å². The van der Waals surface area contributed by atoms with E-state index in [1.165, 1.54) is 5.56 Å². The fourth-order valence-electron chi connectivity index (χ4n) is 4.90. The summed E-state index contributed by atoms with van der Waals surface area (Å²) in [6, 6.07) is 7.84. The number of amides is 1. The van der Waals surface area contributed by atoms with Crippen molar-refractivity contribution >= 4 is 22.8 Å². The van der Waals surface area contributed by atoms with Crippen LogP contribution in [0.5, 0.6) is 0 Å². The Bertz CT molecular complexity index is 1400. The lowest BCUT2D eigenvalue weighted by atomic mass is 10.1. The molecule has 1 N–H and O–H groups in total. The normalized spacial score (nSPS) is 20.2. The number of hydrogen-bond donors (Lipinski definition) is 1. The molecule has 0 bridgehead atoms. The largest absolute Gasteiger partial charge is 0.356 e. The van der Waals surface area contributed by atoms with Crippen LogP contribution < -0.4 is 11.0 Å². The molecule has 2 atom stereocenters. The maximum Gasteiger partial charge on any atom is 0.335 e. The molecule has 180 valence electrons. The van der Waals surface area contributed by atoms with Crippen LogP contribution in [0.25, 0.3) is 16.9 Å². The summed E-state index contributed by atoms with van der Waals surface area (Å²) in [5, 5.41) is 2.85. The number of fused-ring (bicyclic) bond motifs is 1. The van der Waals surface area contributed by atoms with Crippen LogP contribution in [0.15, 0.2) is 71.8 Å². The Kier molecular flexibility index (Phi) is 6.46. The van der Waals surface area contributed by atoms with E-state index in [4.69, 9.17) is 0 Å². The van der Waals surface area contributed by atoms with Crippen molar-refractivity contribution in [2.75, 3.05) is 19.6 Å². The first-order valence-corrected chi connectivity index (χ1v) is 12.1. The highest BCUT2D eigenvalue weighted by molar-refractivity contribution is 5.84. The molecule has 2 aliphatic rings. The number of carbonyl (C=O) groups excluding carboxylic acids is 1. The molecular formula is C27H30N6O2. The van der Waals surface area contributed by atoms with E-state index in [0.29, 0.717) is 17.9 Å². The van der Waals surface area contributed by atoms with Crippen molar-refractivity contribution in [1.29, 1.82) is 0 Å². The predicted octanol–water partition coefficient (Wildman–Crippen LogP) is 3.07. The molecule has 5 rings (SSSR count). The van der Waals surface area contributed by atoms with Gasteiger partial charge in [-0.1, -0.05) is 24.3 Å². The number of carbonyl (C=O) groups is 1. The van der Waals surface area contributed by atoms with Gasteiger partial charge in [-0.2, -0.15) is 0 Å². The van der Waals surface area contributed by atoms with Crippen molar-refractivity contribution in [2.45, 2.75) is 32.9 Å². The van der Waals surface area contributed by atoms with Crippen LogP contribution in [-0.2, 0) is 11.3 Å². The Balaban J connectivity index is 1.46. The quantitative estimate of drug-likeness (QED) is 0.599. The lowest BCUT2D eigenvalue weighted by Crippen LogP contribution is -2.29. The highest BCUT2D eigenvalue weighted by Crippen LogP contribution is 2.27. The minimum Gasteiger partial charge on any atom is -0.356 e. The smallest absolute Gasteiger partial charge is 0.335 e. The van der Waals surface area contributed by atoms with Gasteiger partial charge >= 0.3 is 5.69 Å². The standard InChI is InChI=1S/C27H30N6O2/c1-3-28-26(34)20-8-4-9-21(12-11-20)32-24-10-6-15-30-25(24)33(27(32)35)22-13-16-31(17-22)18-23-19(2)7-5-14-29-23/h4-12,14-15,20,22H,3,13,16-18H2,1-2H3,(H,28,34). The molecule has 0 radical (unpaired) electrons. The highest BCUT2D eigenvalue weighted by Gasteiger charge is 2.29. The average Bonchev–Trinajstić information content (AvgIpc) is 3.32. The van der Waals surface area contributed by atoms with E-state index < -0.39 is 0 Å². The van der Waals surface area contributed by atoms with Crippen LogP contribution >= 0.6 is 0 Å². The first-order valence-electron chi connectivity index (χ1n) is 12.1. The molecule has 0 saturated carbocycles. The summed E-state index contributed by atoms with van der Waals surface area (Å²) in [5.41, 5.74) is 4.30. The maximum atomic E-state index is 13.8. The molecule has 8 nitrogen and oxygen atoms in total. The van der Waals surface area contributed by atoms with Gasteiger partial charge in [0.1, 0.15) is 0 Å². The van der Waals surface area contributed by atoms with Gasteiger partial charge in [-0.05, 0) is 56.2 Å². The number of nitrogens with one attached hydrogen (secondary N) is 1. The molecule has 35 heavy (non-hydrogen) atoms.